The van der Waals surface area contributed by atoms with Crippen molar-refractivity contribution in [1.82, 2.24) is 14.4 Å². The van der Waals surface area contributed by atoms with Crippen LogP contribution in [0.5, 0.6) is 0 Å². The van der Waals surface area contributed by atoms with Gasteiger partial charge in [-0.25, -0.2) is 4.98 Å². The molecule has 0 aliphatic heterocycles. The molecule has 0 aromatic carbocycles. The van der Waals surface area contributed by atoms with E-state index in [1.54, 1.807) is 18.6 Å². The number of rotatable bonds is 0. The van der Waals surface area contributed by atoms with Gasteiger partial charge in [0, 0.05) is 11.9 Å². The summed E-state index contributed by atoms with van der Waals surface area (Å²) in [6, 6.07) is 0. The Hall–Kier alpha value is -1.09. The highest BCUT2D eigenvalue weighted by Crippen LogP contribution is 2.11. The van der Waals surface area contributed by atoms with E-state index >= 15 is 0 Å². The molecular formula is C7H6ClN3. The van der Waals surface area contributed by atoms with Crippen LogP contribution in [0.2, 0.25) is 5.15 Å². The number of halogens is 1. The number of imidazole rings is 1. The minimum Gasteiger partial charge on any atom is -0.285 e. The van der Waals surface area contributed by atoms with Crippen molar-refractivity contribution in [2.24, 2.45) is 0 Å². The molecule has 0 saturated heterocycles. The van der Waals surface area contributed by atoms with Gasteiger partial charge in [-0.2, -0.15) is 0 Å². The molecule has 0 amide bonds. The fraction of sp³-hybridized carbons (Fsp3) is 0.143. The van der Waals surface area contributed by atoms with Gasteiger partial charge in [-0.05, 0) is 6.92 Å². The summed E-state index contributed by atoms with van der Waals surface area (Å²) in [6.45, 7) is 1.95. The number of aromatic nitrogens is 3. The smallest absolute Gasteiger partial charge is 0.156 e. The zero-order valence-corrected chi connectivity index (χ0v) is 6.71. The number of nitrogens with zero attached hydrogens (tertiary/aromatic N) is 3. The van der Waals surface area contributed by atoms with Gasteiger partial charge in [-0.1, -0.05) is 11.6 Å². The Morgan fingerprint density at radius 2 is 2.18 bits per heavy atom. The number of hydrogen-bond acceptors (Lipinski definition) is 2. The number of fused-ring (bicyclic) bond motifs is 1. The third-order valence-electron chi connectivity index (χ3n) is 1.55. The monoisotopic (exact) mass is 167 g/mol. The molecule has 2 aromatic rings. The average Bonchev–Trinajstić information content (AvgIpc) is 2.34. The first kappa shape index (κ1) is 6.61. The van der Waals surface area contributed by atoms with E-state index in [2.05, 4.69) is 9.97 Å². The fourth-order valence-corrected chi connectivity index (χ4v) is 1.32. The lowest BCUT2D eigenvalue weighted by Crippen LogP contribution is -1.89. The van der Waals surface area contributed by atoms with Crippen LogP contribution in [0, 0.1) is 6.92 Å². The quantitative estimate of drug-likeness (QED) is 0.598. The van der Waals surface area contributed by atoms with Crippen LogP contribution >= 0.6 is 11.6 Å². The summed E-state index contributed by atoms with van der Waals surface area (Å²) in [4.78, 5) is 8.01. The van der Waals surface area contributed by atoms with Gasteiger partial charge in [0.25, 0.3) is 0 Å². The Morgan fingerprint density at radius 1 is 1.36 bits per heavy atom. The largest absolute Gasteiger partial charge is 0.285 e. The number of aryl methyl sites for hydroxylation is 1. The van der Waals surface area contributed by atoms with E-state index in [1.807, 2.05) is 11.3 Å². The first-order valence-corrected chi connectivity index (χ1v) is 3.60. The molecule has 11 heavy (non-hydrogen) atoms. The molecule has 0 N–H and O–H groups in total. The van der Waals surface area contributed by atoms with Crippen molar-refractivity contribution >= 4 is 17.2 Å². The van der Waals surface area contributed by atoms with Gasteiger partial charge in [-0.15, -0.1) is 0 Å². The first-order valence-electron chi connectivity index (χ1n) is 3.22. The summed E-state index contributed by atoms with van der Waals surface area (Å²) in [5, 5.41) is 0.595. The highest BCUT2D eigenvalue weighted by atomic mass is 35.5. The second-order valence-corrected chi connectivity index (χ2v) is 2.71. The summed E-state index contributed by atoms with van der Waals surface area (Å²) < 4.78 is 1.84. The van der Waals surface area contributed by atoms with Gasteiger partial charge in [0.1, 0.15) is 5.15 Å². The minimum absolute atomic E-state index is 0.595. The van der Waals surface area contributed by atoms with E-state index < -0.39 is 0 Å². The molecule has 0 fully saturated rings. The van der Waals surface area contributed by atoms with Crippen LogP contribution in [0.25, 0.3) is 5.65 Å². The Labute approximate surface area is 68.7 Å². The maximum atomic E-state index is 5.86. The molecule has 0 aliphatic rings. The fourth-order valence-electron chi connectivity index (χ4n) is 1.05. The minimum atomic E-state index is 0.595. The average molecular weight is 168 g/mol. The molecule has 0 saturated carbocycles. The summed E-state index contributed by atoms with van der Waals surface area (Å²) >= 11 is 5.86. The molecule has 3 nitrogen and oxygen atoms in total. The normalized spacial score (nSPS) is 10.7. The van der Waals surface area contributed by atoms with Crippen LogP contribution < -0.4 is 0 Å². The number of hydrogen-bond donors (Lipinski definition) is 0. The Balaban J connectivity index is 2.96. The second kappa shape index (κ2) is 2.20. The van der Waals surface area contributed by atoms with Crippen LogP contribution in [0.4, 0.5) is 0 Å². The molecule has 0 spiro atoms. The zero-order valence-electron chi connectivity index (χ0n) is 5.95. The zero-order chi connectivity index (χ0) is 7.84. The highest BCUT2D eigenvalue weighted by molar-refractivity contribution is 6.29. The van der Waals surface area contributed by atoms with Crippen molar-refractivity contribution in [3.8, 4) is 0 Å². The van der Waals surface area contributed by atoms with E-state index in [1.165, 1.54) is 0 Å². The predicted molar refractivity (Wildman–Crippen MR) is 42.7 cm³/mol. The van der Waals surface area contributed by atoms with Crippen LogP contribution in [0.1, 0.15) is 5.69 Å². The predicted octanol–water partition coefficient (Wildman–Crippen LogP) is 1.69. The van der Waals surface area contributed by atoms with Gasteiger partial charge < -0.3 is 0 Å². The molecule has 0 bridgehead atoms. The Kier molecular flexibility index (Phi) is 1.32. The third kappa shape index (κ3) is 0.886. The molecule has 0 aliphatic carbocycles. The maximum Gasteiger partial charge on any atom is 0.156 e. The van der Waals surface area contributed by atoms with Gasteiger partial charge in [0.2, 0.25) is 0 Å². The molecule has 2 rings (SSSR count). The van der Waals surface area contributed by atoms with Gasteiger partial charge in [0.05, 0.1) is 12.4 Å². The van der Waals surface area contributed by atoms with E-state index in [4.69, 9.17) is 11.6 Å². The third-order valence-corrected chi connectivity index (χ3v) is 1.82. The Morgan fingerprint density at radius 3 is 2.91 bits per heavy atom. The second-order valence-electron chi connectivity index (χ2n) is 2.32. The van der Waals surface area contributed by atoms with Crippen molar-refractivity contribution in [2.45, 2.75) is 6.92 Å². The van der Waals surface area contributed by atoms with E-state index in [0.29, 0.717) is 5.15 Å². The molecular weight excluding hydrogens is 162 g/mol. The van der Waals surface area contributed by atoms with Crippen LogP contribution in [-0.4, -0.2) is 14.4 Å². The van der Waals surface area contributed by atoms with Crippen molar-refractivity contribution in [3.05, 3.63) is 29.4 Å². The molecule has 56 valence electrons. The molecule has 0 unspecified atom stereocenters. The lowest BCUT2D eigenvalue weighted by molar-refractivity contribution is 1.08. The molecule has 2 aromatic heterocycles. The van der Waals surface area contributed by atoms with Crippen LogP contribution in [-0.2, 0) is 0 Å². The first-order chi connectivity index (χ1) is 5.29. The van der Waals surface area contributed by atoms with Gasteiger partial charge >= 0.3 is 0 Å². The molecule has 4 heteroatoms. The molecule has 0 radical (unpaired) electrons. The summed E-state index contributed by atoms with van der Waals surface area (Å²) in [5.74, 6) is 0. The standard InChI is InChI=1S/C7H6ClN3/c1-5-2-10-7-4-9-3-6(8)11(5)7/h2-4H,1H3. The summed E-state index contributed by atoms with van der Waals surface area (Å²) in [7, 11) is 0. The molecule has 2 heterocycles. The van der Waals surface area contributed by atoms with Gasteiger partial charge in [0.15, 0.2) is 5.65 Å². The van der Waals surface area contributed by atoms with E-state index in [9.17, 15) is 0 Å². The highest BCUT2D eigenvalue weighted by Gasteiger charge is 2.00. The van der Waals surface area contributed by atoms with Crippen molar-refractivity contribution in [3.63, 3.8) is 0 Å². The van der Waals surface area contributed by atoms with Gasteiger partial charge in [-0.3, -0.25) is 9.38 Å². The van der Waals surface area contributed by atoms with Crippen molar-refractivity contribution in [1.29, 1.82) is 0 Å². The van der Waals surface area contributed by atoms with Crippen molar-refractivity contribution in [2.75, 3.05) is 0 Å². The van der Waals surface area contributed by atoms with E-state index in [0.717, 1.165) is 11.3 Å². The Bertz CT molecular complexity index is 393. The lowest BCUT2D eigenvalue weighted by atomic mass is 10.5. The van der Waals surface area contributed by atoms with E-state index in [-0.39, 0.29) is 0 Å². The summed E-state index contributed by atoms with van der Waals surface area (Å²) in [6.07, 6.45) is 5.05. The topological polar surface area (TPSA) is 30.2 Å². The maximum absolute atomic E-state index is 5.86. The molecule has 0 atom stereocenters. The lowest BCUT2D eigenvalue weighted by Gasteiger charge is -1.96. The SMILES string of the molecule is Cc1cnc2cncc(Cl)n12. The summed E-state index contributed by atoms with van der Waals surface area (Å²) in [5.41, 5.74) is 1.81. The van der Waals surface area contributed by atoms with Crippen LogP contribution in [0.15, 0.2) is 18.6 Å². The van der Waals surface area contributed by atoms with Crippen molar-refractivity contribution < 1.29 is 0 Å². The van der Waals surface area contributed by atoms with Crippen LogP contribution in [0.3, 0.4) is 0 Å².